The van der Waals surface area contributed by atoms with E-state index in [9.17, 15) is 4.79 Å². The van der Waals surface area contributed by atoms with Gasteiger partial charge < -0.3 is 5.41 Å². The molecule has 1 N–H and O–H groups in total. The van der Waals surface area contributed by atoms with Crippen molar-refractivity contribution in [1.82, 2.24) is 14.8 Å². The summed E-state index contributed by atoms with van der Waals surface area (Å²) in [6.45, 7) is 0. The van der Waals surface area contributed by atoms with Gasteiger partial charge in [-0.25, -0.2) is 4.68 Å². The number of para-hydroxylation sites is 1. The summed E-state index contributed by atoms with van der Waals surface area (Å²) < 4.78 is 1.60. The second kappa shape index (κ2) is 7.23. The van der Waals surface area contributed by atoms with E-state index in [0.29, 0.717) is 5.71 Å². The molecule has 24 heavy (non-hydrogen) atoms. The van der Waals surface area contributed by atoms with Crippen molar-refractivity contribution in [2.45, 2.75) is 6.42 Å². The molecule has 0 fully saturated rings. The minimum atomic E-state index is -0.225. The van der Waals surface area contributed by atoms with Crippen molar-refractivity contribution in [2.75, 3.05) is 0 Å². The average molecular weight is 317 g/mol. The van der Waals surface area contributed by atoms with Crippen LogP contribution in [0.4, 0.5) is 5.69 Å². The van der Waals surface area contributed by atoms with Crippen LogP contribution in [0.1, 0.15) is 12.1 Å². The van der Waals surface area contributed by atoms with Gasteiger partial charge in [0.05, 0.1) is 17.1 Å². The fraction of sp³-hybridized carbons (Fsp3) is 0.0556. The maximum absolute atomic E-state index is 12.3. The Kier molecular flexibility index (Phi) is 4.67. The molecule has 3 rings (SSSR count). The molecule has 6 heteroatoms. The monoisotopic (exact) mass is 317 g/mol. The molecule has 118 valence electrons. The molecule has 0 unspecified atom stereocenters. The van der Waals surface area contributed by atoms with Crippen LogP contribution < -0.4 is 5.43 Å². The molecule has 2 heterocycles. The molecular weight excluding hydrogens is 302 g/mol. The predicted octanol–water partition coefficient (Wildman–Crippen LogP) is 2.79. The Hall–Kier alpha value is -3.41. The summed E-state index contributed by atoms with van der Waals surface area (Å²) in [5.74, 6) is 0. The highest BCUT2D eigenvalue weighted by molar-refractivity contribution is 6.06. The number of nitrogens with zero attached hydrogens (tertiary/aromatic N) is 4. The fourth-order valence-corrected chi connectivity index (χ4v) is 2.20. The minimum Gasteiger partial charge on any atom is -0.313 e. The molecule has 0 atom stereocenters. The van der Waals surface area contributed by atoms with Gasteiger partial charge in [-0.05, 0) is 24.3 Å². The number of pyridine rings is 1. The Morgan fingerprint density at radius 3 is 2.58 bits per heavy atom. The van der Waals surface area contributed by atoms with Gasteiger partial charge in [-0.1, -0.05) is 18.2 Å². The van der Waals surface area contributed by atoms with Crippen LogP contribution in [0.5, 0.6) is 0 Å². The van der Waals surface area contributed by atoms with Gasteiger partial charge in [0, 0.05) is 37.3 Å². The maximum Gasteiger partial charge on any atom is 0.209 e. The highest BCUT2D eigenvalue weighted by Gasteiger charge is 2.11. The number of hydrogen-bond donors (Lipinski definition) is 1. The Balaban J connectivity index is 2.10. The number of benzene rings is 1. The minimum absolute atomic E-state index is 0.225. The second-order valence-electron chi connectivity index (χ2n) is 4.98. The van der Waals surface area contributed by atoms with Gasteiger partial charge in [0.15, 0.2) is 5.69 Å². The van der Waals surface area contributed by atoms with E-state index in [4.69, 9.17) is 5.41 Å². The first-order valence-corrected chi connectivity index (χ1v) is 7.40. The van der Waals surface area contributed by atoms with Crippen LogP contribution in [0, 0.1) is 5.41 Å². The Morgan fingerprint density at radius 2 is 1.88 bits per heavy atom. The zero-order valence-electron chi connectivity index (χ0n) is 12.8. The molecule has 6 nitrogen and oxygen atoms in total. The van der Waals surface area contributed by atoms with E-state index in [-0.39, 0.29) is 17.5 Å². The summed E-state index contributed by atoms with van der Waals surface area (Å²) in [6, 6.07) is 14.4. The molecule has 0 saturated carbocycles. The average Bonchev–Trinajstić information content (AvgIpc) is 2.63. The lowest BCUT2D eigenvalue weighted by Gasteiger charge is -2.08. The first-order valence-electron chi connectivity index (χ1n) is 7.40. The van der Waals surface area contributed by atoms with E-state index >= 15 is 0 Å². The zero-order chi connectivity index (χ0) is 16.8. The van der Waals surface area contributed by atoms with Gasteiger partial charge in [-0.3, -0.25) is 14.8 Å². The van der Waals surface area contributed by atoms with Crippen LogP contribution in [0.25, 0.3) is 5.69 Å². The Bertz CT molecular complexity index is 917. The Labute approximate surface area is 138 Å². The van der Waals surface area contributed by atoms with Crippen LogP contribution in [-0.2, 0) is 0 Å². The highest BCUT2D eigenvalue weighted by atomic mass is 16.1. The van der Waals surface area contributed by atoms with Gasteiger partial charge >= 0.3 is 0 Å². The number of aliphatic imine (C=N–C) groups is 1. The van der Waals surface area contributed by atoms with Gasteiger partial charge in [0.1, 0.15) is 0 Å². The first-order chi connectivity index (χ1) is 11.8. The smallest absolute Gasteiger partial charge is 0.209 e. The van der Waals surface area contributed by atoms with Crippen LogP contribution in [0.15, 0.2) is 76.9 Å². The molecule has 0 aliphatic rings. The van der Waals surface area contributed by atoms with Crippen molar-refractivity contribution in [2.24, 2.45) is 4.99 Å². The summed E-state index contributed by atoms with van der Waals surface area (Å²) in [7, 11) is 0. The molecule has 0 saturated heterocycles. The van der Waals surface area contributed by atoms with Crippen LogP contribution in [-0.4, -0.2) is 26.7 Å². The lowest BCUT2D eigenvalue weighted by molar-refractivity contribution is 0.825. The van der Waals surface area contributed by atoms with E-state index < -0.39 is 0 Å². The third-order valence-corrected chi connectivity index (χ3v) is 3.32. The Morgan fingerprint density at radius 1 is 1.12 bits per heavy atom. The van der Waals surface area contributed by atoms with Gasteiger partial charge in [0.2, 0.25) is 5.43 Å². The molecule has 0 spiro atoms. The van der Waals surface area contributed by atoms with Crippen molar-refractivity contribution in [1.29, 1.82) is 5.41 Å². The van der Waals surface area contributed by atoms with E-state index in [1.165, 1.54) is 12.3 Å². The van der Waals surface area contributed by atoms with Crippen molar-refractivity contribution >= 4 is 17.6 Å². The van der Waals surface area contributed by atoms with Crippen molar-refractivity contribution in [3.63, 3.8) is 0 Å². The van der Waals surface area contributed by atoms with Gasteiger partial charge in [0.25, 0.3) is 0 Å². The molecule has 0 amide bonds. The van der Waals surface area contributed by atoms with Crippen molar-refractivity contribution in [3.8, 4) is 5.69 Å². The number of nitrogens with one attached hydrogen (secondary N) is 1. The summed E-state index contributed by atoms with van der Waals surface area (Å²) in [5.41, 5.74) is 1.98. The normalized spacial score (nSPS) is 11.2. The summed E-state index contributed by atoms with van der Waals surface area (Å²) in [5, 5.41) is 11.8. The molecule has 1 aromatic carbocycles. The number of rotatable bonds is 5. The number of aromatic nitrogens is 3. The molecule has 0 aliphatic heterocycles. The third kappa shape index (κ3) is 3.49. The fourth-order valence-electron chi connectivity index (χ4n) is 2.20. The third-order valence-electron chi connectivity index (χ3n) is 3.32. The van der Waals surface area contributed by atoms with E-state index in [0.717, 1.165) is 11.4 Å². The topological polar surface area (TPSA) is 84.0 Å². The standard InChI is InChI=1S/C18H15N5O/c19-10-6-16(21-14-4-2-1-3-5-14)18-17(24)9-13-23(22-18)15-7-11-20-12-8-15/h1-5,7-13,19H,6H2. The molecular formula is C18H15N5O. The van der Waals surface area contributed by atoms with Crippen LogP contribution >= 0.6 is 0 Å². The first kappa shape index (κ1) is 15.5. The quantitative estimate of drug-likeness (QED) is 0.734. The van der Waals surface area contributed by atoms with Crippen LogP contribution in [0.2, 0.25) is 0 Å². The molecule has 0 aliphatic carbocycles. The SMILES string of the molecule is N=CCC(=Nc1ccccc1)c1nn(-c2ccncc2)ccc1=O. The largest absolute Gasteiger partial charge is 0.313 e. The van der Waals surface area contributed by atoms with Crippen molar-refractivity contribution in [3.05, 3.63) is 83.0 Å². The van der Waals surface area contributed by atoms with E-state index in [2.05, 4.69) is 15.1 Å². The van der Waals surface area contributed by atoms with Gasteiger partial charge in [-0.2, -0.15) is 5.10 Å². The van der Waals surface area contributed by atoms with Crippen molar-refractivity contribution < 1.29 is 0 Å². The predicted molar refractivity (Wildman–Crippen MR) is 93.7 cm³/mol. The molecule has 0 bridgehead atoms. The van der Waals surface area contributed by atoms with Crippen LogP contribution in [0.3, 0.4) is 0 Å². The zero-order valence-corrected chi connectivity index (χ0v) is 12.8. The highest BCUT2D eigenvalue weighted by Crippen LogP contribution is 2.13. The molecule has 3 aromatic rings. The van der Waals surface area contributed by atoms with Gasteiger partial charge in [-0.15, -0.1) is 0 Å². The lowest BCUT2D eigenvalue weighted by Crippen LogP contribution is -2.21. The maximum atomic E-state index is 12.3. The molecule has 2 aromatic heterocycles. The molecule has 0 radical (unpaired) electrons. The second-order valence-corrected chi connectivity index (χ2v) is 4.98. The summed E-state index contributed by atoms with van der Waals surface area (Å²) >= 11 is 0. The van der Waals surface area contributed by atoms with E-state index in [1.54, 1.807) is 35.4 Å². The summed E-state index contributed by atoms with van der Waals surface area (Å²) in [4.78, 5) is 20.7. The summed E-state index contributed by atoms with van der Waals surface area (Å²) in [6.07, 6.45) is 6.37. The van der Waals surface area contributed by atoms with E-state index in [1.807, 2.05) is 30.3 Å². The number of hydrogen-bond acceptors (Lipinski definition) is 5. The lowest BCUT2D eigenvalue weighted by atomic mass is 10.2.